The maximum Gasteiger partial charge on any atom is 0.326 e. The topological polar surface area (TPSA) is 57.6 Å². The zero-order valence-electron chi connectivity index (χ0n) is 11.0. The number of carbonyl (C=O) groups is 2. The van der Waals surface area contributed by atoms with E-state index in [1.165, 1.54) is 29.2 Å². The average Bonchev–Trinajstić information content (AvgIpc) is 2.79. The highest BCUT2D eigenvalue weighted by atomic mass is 19.1. The molecule has 4 nitrogen and oxygen atoms in total. The smallest absolute Gasteiger partial charge is 0.326 e. The number of amides is 1. The number of likely N-dealkylation sites (tertiary alicyclic amines) is 1. The van der Waals surface area contributed by atoms with Crippen LogP contribution in [0.15, 0.2) is 36.9 Å². The van der Waals surface area contributed by atoms with Gasteiger partial charge in [0.2, 0.25) is 5.91 Å². The van der Waals surface area contributed by atoms with Gasteiger partial charge in [-0.05, 0) is 17.7 Å². The first kappa shape index (κ1) is 14.2. The maximum absolute atomic E-state index is 12.9. The van der Waals surface area contributed by atoms with E-state index in [-0.39, 0.29) is 24.1 Å². The van der Waals surface area contributed by atoms with Crippen LogP contribution >= 0.6 is 0 Å². The summed E-state index contributed by atoms with van der Waals surface area (Å²) in [5, 5.41) is 9.33. The predicted molar refractivity (Wildman–Crippen MR) is 71.5 cm³/mol. The minimum Gasteiger partial charge on any atom is -0.480 e. The fourth-order valence-corrected chi connectivity index (χ4v) is 2.39. The highest BCUT2D eigenvalue weighted by Gasteiger charge is 2.36. The number of carboxylic acid groups (broad SMARTS) is 1. The lowest BCUT2D eigenvalue weighted by molar-refractivity contribution is -0.148. The van der Waals surface area contributed by atoms with Gasteiger partial charge in [-0.1, -0.05) is 18.2 Å². The van der Waals surface area contributed by atoms with Crippen LogP contribution in [0.3, 0.4) is 0 Å². The summed E-state index contributed by atoms with van der Waals surface area (Å²) in [7, 11) is 0. The molecule has 1 heterocycles. The van der Waals surface area contributed by atoms with Gasteiger partial charge in [-0.25, -0.2) is 9.18 Å². The summed E-state index contributed by atoms with van der Waals surface area (Å²) in [5.41, 5.74) is 0.689. The van der Waals surface area contributed by atoms with Crippen molar-refractivity contribution in [2.75, 3.05) is 6.54 Å². The summed E-state index contributed by atoms with van der Waals surface area (Å²) in [6.07, 6.45) is 2.15. The summed E-state index contributed by atoms with van der Waals surface area (Å²) in [6, 6.07) is 4.73. The first-order valence-electron chi connectivity index (χ1n) is 6.40. The molecule has 0 aliphatic carbocycles. The lowest BCUT2D eigenvalue weighted by Crippen LogP contribution is -2.43. The summed E-state index contributed by atoms with van der Waals surface area (Å²) in [6.45, 7) is 4.02. The van der Waals surface area contributed by atoms with Crippen molar-refractivity contribution in [3.05, 3.63) is 48.3 Å². The van der Waals surface area contributed by atoms with E-state index < -0.39 is 12.0 Å². The standard InChI is InChI=1S/C15H16FNO3/c1-2-10-8-14(18)17(9-10)13(15(19)20)7-11-3-5-12(16)6-4-11/h2-6,10,13H,1,7-9H2,(H,19,20). The fourth-order valence-electron chi connectivity index (χ4n) is 2.39. The lowest BCUT2D eigenvalue weighted by Gasteiger charge is -2.24. The molecule has 2 rings (SSSR count). The summed E-state index contributed by atoms with van der Waals surface area (Å²) < 4.78 is 12.9. The molecule has 1 aliphatic rings. The number of hydrogen-bond donors (Lipinski definition) is 1. The molecule has 1 aromatic carbocycles. The average molecular weight is 277 g/mol. The van der Waals surface area contributed by atoms with Crippen molar-refractivity contribution in [2.45, 2.75) is 18.9 Å². The molecule has 2 atom stereocenters. The van der Waals surface area contributed by atoms with Crippen LogP contribution in [0.2, 0.25) is 0 Å². The zero-order chi connectivity index (χ0) is 14.7. The molecule has 0 aromatic heterocycles. The largest absolute Gasteiger partial charge is 0.480 e. The van der Waals surface area contributed by atoms with Gasteiger partial charge >= 0.3 is 5.97 Å². The number of halogens is 1. The molecule has 2 unspecified atom stereocenters. The van der Waals surface area contributed by atoms with Crippen LogP contribution in [0.25, 0.3) is 0 Å². The first-order chi connectivity index (χ1) is 9.51. The van der Waals surface area contributed by atoms with Gasteiger partial charge in [0.25, 0.3) is 0 Å². The Balaban J connectivity index is 2.15. The highest BCUT2D eigenvalue weighted by molar-refractivity contribution is 5.85. The molecule has 1 N–H and O–H groups in total. The van der Waals surface area contributed by atoms with Crippen LogP contribution in [0.5, 0.6) is 0 Å². The maximum atomic E-state index is 12.9. The van der Waals surface area contributed by atoms with Crippen molar-refractivity contribution in [1.29, 1.82) is 0 Å². The molecule has 1 aliphatic heterocycles. The van der Waals surface area contributed by atoms with Gasteiger partial charge in [-0.2, -0.15) is 0 Å². The van der Waals surface area contributed by atoms with Gasteiger partial charge in [-0.15, -0.1) is 6.58 Å². The summed E-state index contributed by atoms with van der Waals surface area (Å²) >= 11 is 0. The number of carbonyl (C=O) groups excluding carboxylic acids is 1. The number of hydrogen-bond acceptors (Lipinski definition) is 2. The molecule has 0 saturated carbocycles. The SMILES string of the molecule is C=CC1CC(=O)N(C(Cc2ccc(F)cc2)C(=O)O)C1. The molecular weight excluding hydrogens is 261 g/mol. The van der Waals surface area contributed by atoms with Gasteiger partial charge < -0.3 is 10.0 Å². The van der Waals surface area contributed by atoms with E-state index in [0.717, 1.165) is 0 Å². The van der Waals surface area contributed by atoms with Crippen LogP contribution in [0.4, 0.5) is 4.39 Å². The van der Waals surface area contributed by atoms with Crippen LogP contribution in [-0.2, 0) is 16.0 Å². The number of aliphatic carboxylic acids is 1. The number of rotatable bonds is 5. The highest BCUT2D eigenvalue weighted by Crippen LogP contribution is 2.23. The first-order valence-corrected chi connectivity index (χ1v) is 6.40. The van der Waals surface area contributed by atoms with Gasteiger partial charge in [0.05, 0.1) is 0 Å². The van der Waals surface area contributed by atoms with E-state index in [0.29, 0.717) is 18.5 Å². The Morgan fingerprint density at radius 2 is 2.15 bits per heavy atom. The van der Waals surface area contributed by atoms with Crippen molar-refractivity contribution in [1.82, 2.24) is 4.90 Å². The Hall–Kier alpha value is -2.17. The molecule has 0 radical (unpaired) electrons. The Morgan fingerprint density at radius 1 is 1.50 bits per heavy atom. The molecule has 1 aromatic rings. The Labute approximate surface area is 116 Å². The number of nitrogens with zero attached hydrogens (tertiary/aromatic N) is 1. The second-order valence-corrected chi connectivity index (χ2v) is 4.93. The molecule has 5 heteroatoms. The number of benzene rings is 1. The third kappa shape index (κ3) is 3.04. The molecule has 1 saturated heterocycles. The van der Waals surface area contributed by atoms with Gasteiger partial charge in [-0.3, -0.25) is 4.79 Å². The van der Waals surface area contributed by atoms with Crippen LogP contribution in [0.1, 0.15) is 12.0 Å². The van der Waals surface area contributed by atoms with Gasteiger partial charge in [0, 0.05) is 25.3 Å². The quantitative estimate of drug-likeness (QED) is 0.836. The van der Waals surface area contributed by atoms with Crippen LogP contribution in [-0.4, -0.2) is 34.5 Å². The molecular formula is C15H16FNO3. The number of carboxylic acids is 1. The van der Waals surface area contributed by atoms with Crippen LogP contribution in [0, 0.1) is 11.7 Å². The third-order valence-electron chi connectivity index (χ3n) is 3.53. The van der Waals surface area contributed by atoms with E-state index in [2.05, 4.69) is 6.58 Å². The summed E-state index contributed by atoms with van der Waals surface area (Å²) in [4.78, 5) is 24.7. The monoisotopic (exact) mass is 277 g/mol. The molecule has 0 bridgehead atoms. The molecule has 20 heavy (non-hydrogen) atoms. The van der Waals surface area contributed by atoms with Crippen LogP contribution < -0.4 is 0 Å². The van der Waals surface area contributed by atoms with Crippen molar-refractivity contribution in [3.8, 4) is 0 Å². The van der Waals surface area contributed by atoms with Gasteiger partial charge in [0.15, 0.2) is 0 Å². The molecule has 0 spiro atoms. The van der Waals surface area contributed by atoms with Crippen molar-refractivity contribution in [3.63, 3.8) is 0 Å². The Bertz CT molecular complexity index is 526. The fraction of sp³-hybridized carbons (Fsp3) is 0.333. The second kappa shape index (κ2) is 5.86. The van der Waals surface area contributed by atoms with Crippen molar-refractivity contribution < 1.29 is 19.1 Å². The van der Waals surface area contributed by atoms with E-state index in [4.69, 9.17) is 0 Å². The Morgan fingerprint density at radius 3 is 2.65 bits per heavy atom. The minimum atomic E-state index is -1.05. The predicted octanol–water partition coefficient (Wildman–Crippen LogP) is 1.86. The summed E-state index contributed by atoms with van der Waals surface area (Å²) in [5.74, 6) is -1.60. The van der Waals surface area contributed by atoms with Crippen molar-refractivity contribution in [2.24, 2.45) is 5.92 Å². The third-order valence-corrected chi connectivity index (χ3v) is 3.53. The lowest BCUT2D eigenvalue weighted by atomic mass is 10.0. The molecule has 1 amide bonds. The van der Waals surface area contributed by atoms with Crippen molar-refractivity contribution >= 4 is 11.9 Å². The zero-order valence-corrected chi connectivity index (χ0v) is 11.0. The minimum absolute atomic E-state index is 0.00225. The van der Waals surface area contributed by atoms with E-state index in [1.54, 1.807) is 6.08 Å². The molecule has 1 fully saturated rings. The van der Waals surface area contributed by atoms with Gasteiger partial charge in [0.1, 0.15) is 11.9 Å². The van der Waals surface area contributed by atoms with E-state index in [9.17, 15) is 19.1 Å². The normalized spacial score (nSPS) is 19.9. The molecule has 106 valence electrons. The Kier molecular flexibility index (Phi) is 4.17. The second-order valence-electron chi connectivity index (χ2n) is 4.93. The van der Waals surface area contributed by atoms with E-state index in [1.807, 2.05) is 0 Å². The van der Waals surface area contributed by atoms with E-state index >= 15 is 0 Å².